The molecule has 3 nitrogen and oxygen atoms in total. The second-order valence-electron chi connectivity index (χ2n) is 2.37. The van der Waals surface area contributed by atoms with Gasteiger partial charge in [-0.1, -0.05) is 23.2 Å². The van der Waals surface area contributed by atoms with E-state index in [1.165, 1.54) is 0 Å². The van der Waals surface area contributed by atoms with E-state index < -0.39 is 0 Å². The molecule has 0 amide bonds. The minimum Gasteiger partial charge on any atom is -0.337 e. The summed E-state index contributed by atoms with van der Waals surface area (Å²) in [5.74, 6) is 1.08. The van der Waals surface area contributed by atoms with Crippen molar-refractivity contribution in [1.29, 1.82) is 0 Å². The van der Waals surface area contributed by atoms with Crippen LogP contribution in [-0.4, -0.2) is 21.3 Å². The minimum absolute atomic E-state index is 0.869. The summed E-state index contributed by atoms with van der Waals surface area (Å²) in [6.07, 6.45) is 3.76. The Morgan fingerprint density at radius 1 is 1.58 bits per heavy atom. The first kappa shape index (κ1) is 11.6. The minimum atomic E-state index is 0.869. The van der Waals surface area contributed by atoms with Crippen molar-refractivity contribution in [2.75, 3.05) is 7.05 Å². The molecule has 0 aliphatic rings. The summed E-state index contributed by atoms with van der Waals surface area (Å²) < 4.78 is 4.03. The molecule has 0 aromatic carbocycles. The molecule has 1 unspecified atom stereocenters. The highest BCUT2D eigenvalue weighted by Gasteiger charge is 1.98. The summed E-state index contributed by atoms with van der Waals surface area (Å²) in [6.45, 7) is 4.87. The van der Waals surface area contributed by atoms with Gasteiger partial charge in [-0.05, 0) is 7.05 Å². The summed E-state index contributed by atoms with van der Waals surface area (Å²) in [5.41, 5.74) is 0. The molecule has 0 saturated carbocycles. The van der Waals surface area contributed by atoms with Gasteiger partial charge in [-0.2, -0.15) is 0 Å². The lowest BCUT2D eigenvalue weighted by Gasteiger charge is -2.07. The van der Waals surface area contributed by atoms with Crippen LogP contribution >= 0.6 is 9.39 Å². The molecular weight excluding hydrogens is 169 g/mol. The third-order valence-electron chi connectivity index (χ3n) is 1.31. The van der Waals surface area contributed by atoms with Gasteiger partial charge in [0.25, 0.3) is 0 Å². The van der Waals surface area contributed by atoms with Crippen molar-refractivity contribution in [3.8, 4) is 0 Å². The van der Waals surface area contributed by atoms with Gasteiger partial charge >= 0.3 is 0 Å². The van der Waals surface area contributed by atoms with Gasteiger partial charge in [-0.15, -0.1) is 0 Å². The van der Waals surface area contributed by atoms with Crippen molar-refractivity contribution in [1.82, 2.24) is 14.2 Å². The Bertz CT molecular complexity index is 208. The van der Waals surface area contributed by atoms with E-state index in [0.717, 1.165) is 12.4 Å². The highest BCUT2D eigenvalue weighted by atomic mass is 31.0. The number of hydrogen-bond donors (Lipinski definition) is 0. The molecule has 4 heteroatoms. The van der Waals surface area contributed by atoms with E-state index in [1.807, 2.05) is 49.6 Å². The van der Waals surface area contributed by atoms with Crippen molar-refractivity contribution in [3.05, 3.63) is 18.2 Å². The Kier molecular flexibility index (Phi) is 5.95. The predicted octanol–water partition coefficient (Wildman–Crippen LogP) is 1.67. The van der Waals surface area contributed by atoms with E-state index in [1.54, 1.807) is 0 Å². The Labute approximate surface area is 77.0 Å². The Morgan fingerprint density at radius 2 is 2.17 bits per heavy atom. The molecule has 1 heterocycles. The first-order valence-electron chi connectivity index (χ1n) is 4.12. The van der Waals surface area contributed by atoms with Crippen LogP contribution < -0.4 is 0 Å². The molecule has 1 rings (SSSR count). The Morgan fingerprint density at radius 3 is 2.50 bits per heavy atom. The van der Waals surface area contributed by atoms with Gasteiger partial charge in [0.15, 0.2) is 0 Å². The third-order valence-corrected chi connectivity index (χ3v) is 1.49. The molecule has 0 saturated heterocycles. The number of aromatic nitrogens is 2. The van der Waals surface area contributed by atoms with Crippen molar-refractivity contribution in [3.63, 3.8) is 0 Å². The maximum Gasteiger partial charge on any atom is 0.122 e. The van der Waals surface area contributed by atoms with E-state index in [9.17, 15) is 0 Å². The first-order valence-corrected chi connectivity index (χ1v) is 4.64. The van der Waals surface area contributed by atoms with Gasteiger partial charge in [0.1, 0.15) is 5.82 Å². The van der Waals surface area contributed by atoms with Gasteiger partial charge < -0.3 is 4.57 Å². The van der Waals surface area contributed by atoms with Crippen LogP contribution in [0.3, 0.4) is 0 Å². The number of imidazole rings is 1. The largest absolute Gasteiger partial charge is 0.337 e. The zero-order valence-corrected chi connectivity index (χ0v) is 9.44. The van der Waals surface area contributed by atoms with E-state index in [4.69, 9.17) is 0 Å². The number of rotatable bonds is 2. The van der Waals surface area contributed by atoms with Crippen LogP contribution in [-0.2, 0) is 13.6 Å². The van der Waals surface area contributed by atoms with Crippen molar-refractivity contribution >= 4 is 9.39 Å². The average Bonchev–Trinajstić information content (AvgIpc) is 2.40. The van der Waals surface area contributed by atoms with E-state index in [-0.39, 0.29) is 0 Å². The summed E-state index contributed by atoms with van der Waals surface area (Å²) in [5, 5.41) is 0. The molecule has 1 aromatic heterocycles. The lowest BCUT2D eigenvalue weighted by atomic mass is 10.6. The smallest absolute Gasteiger partial charge is 0.122 e. The standard InChI is InChI=1S/C6H12N3P.C2H6/c1-8-4-3-7-6(8)5-9(2)10;1-2/h3-4H,5,10H2,1-2H3;1-2H3. The molecule has 0 fully saturated rings. The van der Waals surface area contributed by atoms with Gasteiger partial charge in [0.05, 0.1) is 6.54 Å². The predicted molar refractivity (Wildman–Crippen MR) is 55.7 cm³/mol. The number of nitrogens with zero attached hydrogens (tertiary/aromatic N) is 3. The summed E-state index contributed by atoms with van der Waals surface area (Å²) in [6, 6.07) is 0. The zero-order chi connectivity index (χ0) is 9.56. The van der Waals surface area contributed by atoms with Crippen molar-refractivity contribution in [2.45, 2.75) is 20.4 Å². The molecule has 0 aliphatic heterocycles. The zero-order valence-electron chi connectivity index (χ0n) is 8.28. The monoisotopic (exact) mass is 187 g/mol. The van der Waals surface area contributed by atoms with Crippen LogP contribution in [0.4, 0.5) is 0 Å². The van der Waals surface area contributed by atoms with Gasteiger partial charge in [-0.25, -0.2) is 4.98 Å². The average molecular weight is 187 g/mol. The van der Waals surface area contributed by atoms with Gasteiger partial charge in [0.2, 0.25) is 0 Å². The molecule has 0 N–H and O–H groups in total. The molecular formula is C8H18N3P. The fraction of sp³-hybridized carbons (Fsp3) is 0.625. The van der Waals surface area contributed by atoms with E-state index in [2.05, 4.69) is 14.4 Å². The lowest BCUT2D eigenvalue weighted by molar-refractivity contribution is 0.528. The molecule has 1 aromatic rings. The molecule has 0 bridgehead atoms. The molecule has 0 spiro atoms. The first-order chi connectivity index (χ1) is 5.70. The lowest BCUT2D eigenvalue weighted by Crippen LogP contribution is -2.08. The van der Waals surface area contributed by atoms with Crippen LogP contribution in [0.25, 0.3) is 0 Å². The molecule has 70 valence electrons. The van der Waals surface area contributed by atoms with E-state index in [0.29, 0.717) is 0 Å². The SMILES string of the molecule is CC.CN(P)Cc1nccn1C. The Hall–Kier alpha value is -0.400. The maximum absolute atomic E-state index is 4.16. The molecule has 0 radical (unpaired) electrons. The number of aryl methyl sites for hydroxylation is 1. The second-order valence-corrected chi connectivity index (χ2v) is 3.25. The van der Waals surface area contributed by atoms with Crippen LogP contribution in [0.5, 0.6) is 0 Å². The van der Waals surface area contributed by atoms with Gasteiger partial charge in [-0.3, -0.25) is 4.67 Å². The van der Waals surface area contributed by atoms with Crippen molar-refractivity contribution in [2.24, 2.45) is 7.05 Å². The molecule has 1 atom stereocenters. The normalized spacial score (nSPS) is 9.50. The Balaban J connectivity index is 0.000000561. The van der Waals surface area contributed by atoms with Crippen LogP contribution in [0, 0.1) is 0 Å². The second kappa shape index (κ2) is 6.15. The summed E-state index contributed by atoms with van der Waals surface area (Å²) in [7, 11) is 6.60. The molecule has 0 aliphatic carbocycles. The topological polar surface area (TPSA) is 21.1 Å². The van der Waals surface area contributed by atoms with Crippen LogP contribution in [0.2, 0.25) is 0 Å². The summed E-state index contributed by atoms with van der Waals surface area (Å²) >= 11 is 0. The third kappa shape index (κ3) is 3.84. The maximum atomic E-state index is 4.16. The highest BCUT2D eigenvalue weighted by molar-refractivity contribution is 7.13. The van der Waals surface area contributed by atoms with Crippen LogP contribution in [0.1, 0.15) is 19.7 Å². The van der Waals surface area contributed by atoms with E-state index >= 15 is 0 Å². The quantitative estimate of drug-likeness (QED) is 0.657. The summed E-state index contributed by atoms with van der Waals surface area (Å²) in [4.78, 5) is 4.16. The molecule has 12 heavy (non-hydrogen) atoms. The fourth-order valence-electron chi connectivity index (χ4n) is 0.772. The fourth-order valence-corrected chi connectivity index (χ4v) is 0.935. The van der Waals surface area contributed by atoms with Crippen LogP contribution in [0.15, 0.2) is 12.4 Å². The van der Waals surface area contributed by atoms with Gasteiger partial charge in [0, 0.05) is 19.4 Å². The number of hydrogen-bond acceptors (Lipinski definition) is 2. The van der Waals surface area contributed by atoms with Crippen molar-refractivity contribution < 1.29 is 0 Å². The highest BCUT2D eigenvalue weighted by Crippen LogP contribution is 2.01.